The number of cyclic esters (lactones) is 1. The number of ketones is 1. The first-order valence-electron chi connectivity index (χ1n) is 9.61. The lowest BCUT2D eigenvalue weighted by Gasteiger charge is -2.54. The fourth-order valence-corrected chi connectivity index (χ4v) is 7.14. The van der Waals surface area contributed by atoms with Crippen LogP contribution in [0.3, 0.4) is 0 Å². The lowest BCUT2D eigenvalue weighted by molar-refractivity contribution is -0.155. The van der Waals surface area contributed by atoms with Crippen LogP contribution in [0.4, 0.5) is 0 Å². The standard InChI is InChI=1S/C21H26O3/c1-12-16-5-6-18-15-4-3-13-11-14(22)7-9-20(13,2)17(15)8-10-21(16,18)19(23)24-12/h3-4,11-12,15-18H,5-10H2,1-2H3/t12?,15-,16-,17+,18+,20+,21+/m1/s1. The van der Waals surface area contributed by atoms with Crippen LogP contribution in [0.2, 0.25) is 0 Å². The summed E-state index contributed by atoms with van der Waals surface area (Å²) in [6, 6.07) is 0. The van der Waals surface area contributed by atoms with E-state index in [2.05, 4.69) is 26.0 Å². The van der Waals surface area contributed by atoms with Crippen LogP contribution >= 0.6 is 0 Å². The number of rotatable bonds is 0. The SMILES string of the molecule is CC1OC(=O)[C@]23CC[C@H]4[C@@H](C=CC5=CC(=O)CC[C@@]54C)[C@@H]2CC[C@H]13. The van der Waals surface area contributed by atoms with Crippen LogP contribution in [0.15, 0.2) is 23.8 Å². The van der Waals surface area contributed by atoms with Crippen molar-refractivity contribution in [3.63, 3.8) is 0 Å². The van der Waals surface area contributed by atoms with Crippen molar-refractivity contribution in [1.29, 1.82) is 0 Å². The summed E-state index contributed by atoms with van der Waals surface area (Å²) in [7, 11) is 0. The first kappa shape index (κ1) is 14.9. The van der Waals surface area contributed by atoms with Crippen LogP contribution in [0.1, 0.15) is 52.4 Å². The number of allylic oxidation sites excluding steroid dienone is 4. The molecule has 0 aromatic heterocycles. The molecule has 24 heavy (non-hydrogen) atoms. The van der Waals surface area contributed by atoms with Gasteiger partial charge in [0.05, 0.1) is 5.41 Å². The quantitative estimate of drug-likeness (QED) is 0.635. The maximum absolute atomic E-state index is 12.8. The lowest BCUT2D eigenvalue weighted by Crippen LogP contribution is -2.51. The van der Waals surface area contributed by atoms with Crippen LogP contribution in [-0.2, 0) is 14.3 Å². The highest BCUT2D eigenvalue weighted by Crippen LogP contribution is 2.67. The molecule has 0 aromatic rings. The maximum atomic E-state index is 12.8. The topological polar surface area (TPSA) is 43.4 Å². The number of ether oxygens (including phenoxy) is 1. The fraction of sp³-hybridized carbons (Fsp3) is 0.714. The molecular weight excluding hydrogens is 300 g/mol. The van der Waals surface area contributed by atoms with Crippen LogP contribution in [0.5, 0.6) is 0 Å². The highest BCUT2D eigenvalue weighted by molar-refractivity contribution is 5.92. The molecule has 1 unspecified atom stereocenters. The summed E-state index contributed by atoms with van der Waals surface area (Å²) in [5, 5.41) is 0. The van der Waals surface area contributed by atoms with Crippen molar-refractivity contribution in [3.05, 3.63) is 23.8 Å². The normalized spacial score (nSPS) is 52.1. The second-order valence-corrected chi connectivity index (χ2v) is 9.01. The van der Waals surface area contributed by atoms with E-state index in [0.29, 0.717) is 30.1 Å². The van der Waals surface area contributed by atoms with E-state index in [-0.39, 0.29) is 28.7 Å². The Morgan fingerprint density at radius 1 is 1.08 bits per heavy atom. The highest BCUT2D eigenvalue weighted by Gasteiger charge is 2.68. The third-order valence-electron chi connectivity index (χ3n) is 8.33. The average molecular weight is 326 g/mol. The number of carbonyl (C=O) groups excluding carboxylic acids is 2. The number of fused-ring (bicyclic) bond motifs is 4. The Kier molecular flexibility index (Phi) is 2.87. The van der Waals surface area contributed by atoms with E-state index < -0.39 is 0 Å². The molecule has 0 bridgehead atoms. The Balaban J connectivity index is 1.58. The maximum Gasteiger partial charge on any atom is 0.313 e. The first-order valence-corrected chi connectivity index (χ1v) is 9.61. The van der Waals surface area contributed by atoms with Crippen molar-refractivity contribution in [3.8, 4) is 0 Å². The Morgan fingerprint density at radius 3 is 2.71 bits per heavy atom. The first-order chi connectivity index (χ1) is 11.5. The number of esters is 1. The van der Waals surface area contributed by atoms with Crippen LogP contribution in [-0.4, -0.2) is 17.9 Å². The van der Waals surface area contributed by atoms with Crippen LogP contribution in [0.25, 0.3) is 0 Å². The third-order valence-corrected chi connectivity index (χ3v) is 8.33. The minimum atomic E-state index is -0.215. The average Bonchev–Trinajstić information content (AvgIpc) is 3.05. The van der Waals surface area contributed by atoms with E-state index in [1.165, 1.54) is 5.57 Å². The number of carbonyl (C=O) groups is 2. The highest BCUT2D eigenvalue weighted by atomic mass is 16.6. The smallest absolute Gasteiger partial charge is 0.313 e. The van der Waals surface area contributed by atoms with E-state index in [4.69, 9.17) is 4.74 Å². The van der Waals surface area contributed by atoms with Crippen molar-refractivity contribution < 1.29 is 14.3 Å². The van der Waals surface area contributed by atoms with Gasteiger partial charge in [0, 0.05) is 12.3 Å². The Morgan fingerprint density at radius 2 is 1.88 bits per heavy atom. The van der Waals surface area contributed by atoms with Gasteiger partial charge in [-0.2, -0.15) is 0 Å². The summed E-state index contributed by atoms with van der Waals surface area (Å²) in [6.07, 6.45) is 12.5. The van der Waals surface area contributed by atoms with Gasteiger partial charge in [-0.25, -0.2) is 0 Å². The Hall–Kier alpha value is -1.38. The molecule has 1 saturated heterocycles. The van der Waals surface area contributed by atoms with Gasteiger partial charge < -0.3 is 4.74 Å². The molecule has 3 heteroatoms. The van der Waals surface area contributed by atoms with Gasteiger partial charge in [-0.05, 0) is 73.8 Å². The van der Waals surface area contributed by atoms with Gasteiger partial charge in [0.1, 0.15) is 6.10 Å². The molecule has 7 atom stereocenters. The van der Waals surface area contributed by atoms with Crippen LogP contribution in [0, 0.1) is 34.5 Å². The van der Waals surface area contributed by atoms with Gasteiger partial charge >= 0.3 is 5.97 Å². The molecule has 1 spiro atoms. The molecule has 1 heterocycles. The van der Waals surface area contributed by atoms with Gasteiger partial charge in [0.25, 0.3) is 0 Å². The van der Waals surface area contributed by atoms with E-state index >= 15 is 0 Å². The summed E-state index contributed by atoms with van der Waals surface area (Å²) in [5.74, 6) is 2.25. The molecule has 2 saturated carbocycles. The molecule has 3 nitrogen and oxygen atoms in total. The molecule has 5 rings (SSSR count). The van der Waals surface area contributed by atoms with E-state index in [1.54, 1.807) is 0 Å². The zero-order chi connectivity index (χ0) is 16.7. The van der Waals surface area contributed by atoms with Gasteiger partial charge in [0.2, 0.25) is 0 Å². The molecule has 0 N–H and O–H groups in total. The fourth-order valence-electron chi connectivity index (χ4n) is 7.14. The largest absolute Gasteiger partial charge is 0.462 e. The third kappa shape index (κ3) is 1.59. The van der Waals surface area contributed by atoms with Gasteiger partial charge in [-0.1, -0.05) is 19.1 Å². The molecule has 0 aromatic carbocycles. The summed E-state index contributed by atoms with van der Waals surface area (Å²) < 4.78 is 5.69. The molecule has 4 aliphatic carbocycles. The number of hydrogen-bond donors (Lipinski definition) is 0. The molecule has 3 fully saturated rings. The molecule has 128 valence electrons. The zero-order valence-electron chi connectivity index (χ0n) is 14.6. The van der Waals surface area contributed by atoms with Gasteiger partial charge in [0.15, 0.2) is 5.78 Å². The number of hydrogen-bond acceptors (Lipinski definition) is 3. The predicted molar refractivity (Wildman–Crippen MR) is 90.0 cm³/mol. The van der Waals surface area contributed by atoms with Crippen LogP contribution < -0.4 is 0 Å². The Labute approximate surface area is 143 Å². The summed E-state index contributed by atoms with van der Waals surface area (Å²) in [4.78, 5) is 24.7. The van der Waals surface area contributed by atoms with Crippen molar-refractivity contribution >= 4 is 11.8 Å². The second kappa shape index (κ2) is 4.62. The van der Waals surface area contributed by atoms with E-state index in [1.807, 2.05) is 6.08 Å². The summed E-state index contributed by atoms with van der Waals surface area (Å²) in [5.41, 5.74) is 1.13. The molecular formula is C21H26O3. The van der Waals surface area contributed by atoms with Crippen molar-refractivity contribution in [2.75, 3.05) is 0 Å². The lowest BCUT2D eigenvalue weighted by atomic mass is 9.48. The van der Waals surface area contributed by atoms with Crippen molar-refractivity contribution in [1.82, 2.24) is 0 Å². The Bertz CT molecular complexity index is 689. The van der Waals surface area contributed by atoms with Crippen molar-refractivity contribution in [2.24, 2.45) is 34.5 Å². The monoisotopic (exact) mass is 326 g/mol. The minimum absolute atomic E-state index is 0.0830. The predicted octanol–water partition coefficient (Wildman–Crippen LogP) is 3.84. The van der Waals surface area contributed by atoms with E-state index in [0.717, 1.165) is 32.1 Å². The molecule has 1 aliphatic heterocycles. The summed E-state index contributed by atoms with van der Waals surface area (Å²) in [6.45, 7) is 4.43. The van der Waals surface area contributed by atoms with E-state index in [9.17, 15) is 9.59 Å². The van der Waals surface area contributed by atoms with Gasteiger partial charge in [-0.3, -0.25) is 9.59 Å². The van der Waals surface area contributed by atoms with Crippen molar-refractivity contribution in [2.45, 2.75) is 58.5 Å². The van der Waals surface area contributed by atoms with Gasteiger partial charge in [-0.15, -0.1) is 0 Å². The molecule has 0 amide bonds. The second-order valence-electron chi connectivity index (χ2n) is 9.01. The molecule has 0 radical (unpaired) electrons. The molecule has 5 aliphatic rings. The minimum Gasteiger partial charge on any atom is -0.462 e. The summed E-state index contributed by atoms with van der Waals surface area (Å²) >= 11 is 0. The zero-order valence-corrected chi connectivity index (χ0v) is 14.6.